The molecule has 0 aromatic rings. The number of aliphatic hydroxyl groups is 1. The minimum Gasteiger partial charge on any atom is -0.395 e. The molecule has 0 aromatic heterocycles. The lowest BCUT2D eigenvalue weighted by atomic mass is 10.2. The van der Waals surface area contributed by atoms with Crippen LogP contribution in [0.1, 0.15) is 13.3 Å². The number of sulfonamides is 1. The van der Waals surface area contributed by atoms with Crippen LogP contribution in [0.2, 0.25) is 0 Å². The van der Waals surface area contributed by atoms with Gasteiger partial charge in [-0.3, -0.25) is 0 Å². The molecule has 0 spiro atoms. The summed E-state index contributed by atoms with van der Waals surface area (Å²) in [7, 11) is -3.33. The number of hydrogen-bond donors (Lipinski definition) is 2. The number of hydrogen-bond acceptors (Lipinski definition) is 4. The lowest BCUT2D eigenvalue weighted by molar-refractivity contribution is 0.116. The summed E-state index contributed by atoms with van der Waals surface area (Å²) in [5.41, 5.74) is 0. The van der Waals surface area contributed by atoms with Gasteiger partial charge in [0.1, 0.15) is 0 Å². The molecule has 1 aliphatic heterocycles. The maximum absolute atomic E-state index is 11.2. The van der Waals surface area contributed by atoms with Crippen molar-refractivity contribution in [2.24, 2.45) is 0 Å². The van der Waals surface area contributed by atoms with Crippen LogP contribution in [0.25, 0.3) is 0 Å². The fourth-order valence-corrected chi connectivity index (χ4v) is 2.43. The molecule has 78 valence electrons. The van der Waals surface area contributed by atoms with Crippen molar-refractivity contribution in [1.82, 2.24) is 4.72 Å². The van der Waals surface area contributed by atoms with Gasteiger partial charge in [-0.05, 0) is 13.3 Å². The predicted octanol–water partition coefficient (Wildman–Crippen LogP) is -0.924. The molecule has 2 atom stereocenters. The van der Waals surface area contributed by atoms with E-state index in [-0.39, 0.29) is 24.5 Å². The molecule has 2 unspecified atom stereocenters. The molecule has 5 nitrogen and oxygen atoms in total. The van der Waals surface area contributed by atoms with Crippen molar-refractivity contribution in [2.75, 3.05) is 19.0 Å². The molecule has 0 aromatic carbocycles. The Labute approximate surface area is 78.1 Å². The van der Waals surface area contributed by atoms with Crippen LogP contribution in [-0.2, 0) is 14.8 Å². The van der Waals surface area contributed by atoms with E-state index in [0.717, 1.165) is 0 Å². The highest BCUT2D eigenvalue weighted by Gasteiger charge is 2.27. The van der Waals surface area contributed by atoms with Gasteiger partial charge < -0.3 is 9.84 Å². The highest BCUT2D eigenvalue weighted by molar-refractivity contribution is 7.89. The van der Waals surface area contributed by atoms with Gasteiger partial charge in [-0.15, -0.1) is 0 Å². The lowest BCUT2D eigenvalue weighted by Crippen LogP contribution is -2.40. The Kier molecular flexibility index (Phi) is 3.66. The average molecular weight is 209 g/mol. The van der Waals surface area contributed by atoms with E-state index in [1.165, 1.54) is 0 Å². The Morgan fingerprint density at radius 1 is 1.62 bits per heavy atom. The predicted molar refractivity (Wildman–Crippen MR) is 47.8 cm³/mol. The zero-order chi connectivity index (χ0) is 9.90. The molecule has 2 N–H and O–H groups in total. The topological polar surface area (TPSA) is 75.6 Å². The van der Waals surface area contributed by atoms with Crippen LogP contribution < -0.4 is 4.72 Å². The number of ether oxygens (including phenoxy) is 1. The summed E-state index contributed by atoms with van der Waals surface area (Å²) in [6, 6.07) is -0.142. The van der Waals surface area contributed by atoms with Gasteiger partial charge in [0.2, 0.25) is 10.0 Å². The van der Waals surface area contributed by atoms with Gasteiger partial charge in [-0.2, -0.15) is 0 Å². The third-order valence-electron chi connectivity index (χ3n) is 2.07. The van der Waals surface area contributed by atoms with E-state index in [0.29, 0.717) is 13.0 Å². The Balaban J connectivity index is 2.47. The first-order chi connectivity index (χ1) is 6.05. The van der Waals surface area contributed by atoms with E-state index in [2.05, 4.69) is 4.72 Å². The summed E-state index contributed by atoms with van der Waals surface area (Å²) >= 11 is 0. The van der Waals surface area contributed by atoms with Crippen molar-refractivity contribution in [2.45, 2.75) is 25.5 Å². The fraction of sp³-hybridized carbons (Fsp3) is 1.00. The van der Waals surface area contributed by atoms with Crippen molar-refractivity contribution < 1.29 is 18.3 Å². The van der Waals surface area contributed by atoms with Crippen molar-refractivity contribution >= 4 is 10.0 Å². The van der Waals surface area contributed by atoms with E-state index in [1.54, 1.807) is 0 Å². The largest absolute Gasteiger partial charge is 0.395 e. The first-order valence-electron chi connectivity index (χ1n) is 4.27. The quantitative estimate of drug-likeness (QED) is 0.627. The second-order valence-corrected chi connectivity index (χ2v) is 5.00. The molecule has 1 heterocycles. The third-order valence-corrected chi connectivity index (χ3v) is 3.45. The van der Waals surface area contributed by atoms with Gasteiger partial charge in [0, 0.05) is 12.6 Å². The Hall–Kier alpha value is -0.170. The molecular weight excluding hydrogens is 194 g/mol. The molecule has 13 heavy (non-hydrogen) atoms. The first kappa shape index (κ1) is 10.9. The van der Waals surface area contributed by atoms with Crippen LogP contribution >= 0.6 is 0 Å². The maximum atomic E-state index is 11.2. The van der Waals surface area contributed by atoms with Gasteiger partial charge in [-0.1, -0.05) is 0 Å². The minimum absolute atomic E-state index is 0.0755. The maximum Gasteiger partial charge on any atom is 0.214 e. The van der Waals surface area contributed by atoms with Crippen molar-refractivity contribution in [3.63, 3.8) is 0 Å². The van der Waals surface area contributed by atoms with Crippen LogP contribution in [0.3, 0.4) is 0 Å². The molecule has 0 bridgehead atoms. The summed E-state index contributed by atoms with van der Waals surface area (Å²) < 4.78 is 30.1. The van der Waals surface area contributed by atoms with Crippen molar-refractivity contribution in [1.29, 1.82) is 0 Å². The molecule has 0 amide bonds. The van der Waals surface area contributed by atoms with Gasteiger partial charge in [0.05, 0.1) is 18.5 Å². The summed E-state index contributed by atoms with van der Waals surface area (Å²) in [6.45, 7) is 2.07. The van der Waals surface area contributed by atoms with Crippen molar-refractivity contribution in [3.8, 4) is 0 Å². The smallest absolute Gasteiger partial charge is 0.214 e. The molecule has 1 rings (SSSR count). The highest BCUT2D eigenvalue weighted by Crippen LogP contribution is 2.13. The summed E-state index contributed by atoms with van der Waals surface area (Å²) in [4.78, 5) is 0. The molecule has 1 aliphatic rings. The van der Waals surface area contributed by atoms with Crippen LogP contribution in [0.15, 0.2) is 0 Å². The number of aliphatic hydroxyl groups excluding tert-OH is 1. The first-order valence-corrected chi connectivity index (χ1v) is 5.93. The molecule has 1 saturated heterocycles. The SMILES string of the molecule is CC1OCCC1NS(=O)(=O)CCO. The van der Waals surface area contributed by atoms with E-state index in [1.807, 2.05) is 6.92 Å². The lowest BCUT2D eigenvalue weighted by Gasteiger charge is -2.15. The van der Waals surface area contributed by atoms with Crippen LogP contribution in [0, 0.1) is 0 Å². The Bertz CT molecular complexity index is 251. The standard InChI is InChI=1S/C7H15NO4S/c1-6-7(2-4-12-6)8-13(10,11)5-3-9/h6-9H,2-5H2,1H3. The normalized spacial score (nSPS) is 29.4. The molecular formula is C7H15NO4S. The van der Waals surface area contributed by atoms with Gasteiger partial charge in [-0.25, -0.2) is 13.1 Å². The Morgan fingerprint density at radius 2 is 2.31 bits per heavy atom. The van der Waals surface area contributed by atoms with Crippen LogP contribution in [0.5, 0.6) is 0 Å². The highest BCUT2D eigenvalue weighted by atomic mass is 32.2. The minimum atomic E-state index is -3.33. The fourth-order valence-electron chi connectivity index (χ4n) is 1.30. The second-order valence-electron chi connectivity index (χ2n) is 3.13. The summed E-state index contributed by atoms with van der Waals surface area (Å²) in [5, 5.41) is 8.49. The molecule has 0 radical (unpaired) electrons. The van der Waals surface area contributed by atoms with Crippen molar-refractivity contribution in [3.05, 3.63) is 0 Å². The van der Waals surface area contributed by atoms with Gasteiger partial charge in [0.25, 0.3) is 0 Å². The van der Waals surface area contributed by atoms with E-state index in [4.69, 9.17) is 9.84 Å². The monoisotopic (exact) mass is 209 g/mol. The molecule has 6 heteroatoms. The zero-order valence-electron chi connectivity index (χ0n) is 7.56. The van der Waals surface area contributed by atoms with Crippen LogP contribution in [-0.4, -0.2) is 44.6 Å². The van der Waals surface area contributed by atoms with E-state index in [9.17, 15) is 8.42 Å². The average Bonchev–Trinajstić information content (AvgIpc) is 2.35. The number of rotatable bonds is 4. The zero-order valence-corrected chi connectivity index (χ0v) is 8.38. The summed E-state index contributed by atoms with van der Waals surface area (Å²) in [6.07, 6.45) is 0.625. The van der Waals surface area contributed by atoms with E-state index >= 15 is 0 Å². The molecule has 0 saturated carbocycles. The van der Waals surface area contributed by atoms with Gasteiger partial charge >= 0.3 is 0 Å². The van der Waals surface area contributed by atoms with Crippen LogP contribution in [0.4, 0.5) is 0 Å². The van der Waals surface area contributed by atoms with Gasteiger partial charge in [0.15, 0.2) is 0 Å². The summed E-state index contributed by atoms with van der Waals surface area (Å²) in [5.74, 6) is -0.240. The number of nitrogens with one attached hydrogen (secondary N) is 1. The third kappa shape index (κ3) is 3.22. The molecule has 0 aliphatic carbocycles. The van der Waals surface area contributed by atoms with E-state index < -0.39 is 10.0 Å². The Morgan fingerprint density at radius 3 is 2.77 bits per heavy atom. The second kappa shape index (κ2) is 4.36. The molecule has 1 fully saturated rings.